The van der Waals surface area contributed by atoms with E-state index < -0.39 is 10.8 Å². The Labute approximate surface area is 423 Å². The highest BCUT2D eigenvalue weighted by atomic mass is 15.1. The Morgan fingerprint density at radius 2 is 0.653 bits per heavy atom. The second-order valence-electron chi connectivity index (χ2n) is 20.3. The van der Waals surface area contributed by atoms with Crippen LogP contribution in [-0.4, -0.2) is 0 Å². The van der Waals surface area contributed by atoms with Crippen molar-refractivity contribution in [2.24, 2.45) is 0 Å². The molecule has 0 N–H and O–H groups in total. The van der Waals surface area contributed by atoms with Crippen LogP contribution in [0.25, 0.3) is 44.5 Å². The summed E-state index contributed by atoms with van der Waals surface area (Å²) in [6.07, 6.45) is 0. The topological polar surface area (TPSA) is 3.24 Å². The van der Waals surface area contributed by atoms with E-state index in [1.54, 1.807) is 0 Å². The molecule has 11 aromatic carbocycles. The van der Waals surface area contributed by atoms with Crippen molar-refractivity contribution >= 4 is 17.1 Å². The van der Waals surface area contributed by atoms with Crippen LogP contribution < -0.4 is 4.90 Å². The Kier molecular flexibility index (Phi) is 9.44. The lowest BCUT2D eigenvalue weighted by Crippen LogP contribution is -2.44. The van der Waals surface area contributed by atoms with E-state index in [-0.39, 0.29) is 5.41 Å². The molecule has 72 heavy (non-hydrogen) atoms. The van der Waals surface area contributed by atoms with E-state index in [0.29, 0.717) is 0 Å². The maximum absolute atomic E-state index is 2.43. The molecule has 3 aliphatic rings. The molecule has 0 fully saturated rings. The van der Waals surface area contributed by atoms with Crippen LogP contribution in [0.4, 0.5) is 17.1 Å². The predicted octanol–water partition coefficient (Wildman–Crippen LogP) is 17.9. The van der Waals surface area contributed by atoms with E-state index in [4.69, 9.17) is 0 Å². The molecule has 0 bridgehead atoms. The SMILES string of the molecule is CC1(C)c2ccccc2-c2ccc(N(c3ccc(-c4ccccc4)cc3)c3ccc(-c4cccc5c4-c4ccccc4C54c5ccccc5C(c5ccccc5)(c5ccccc5)c5ccccc54)cc3)cc21. The van der Waals surface area contributed by atoms with Crippen LogP contribution in [0.2, 0.25) is 0 Å². The second kappa shape index (κ2) is 16.1. The quantitative estimate of drug-likeness (QED) is 0.154. The van der Waals surface area contributed by atoms with Crippen LogP contribution in [0.5, 0.6) is 0 Å². The van der Waals surface area contributed by atoms with Crippen molar-refractivity contribution < 1.29 is 0 Å². The first-order chi connectivity index (χ1) is 35.5. The van der Waals surface area contributed by atoms with Crippen molar-refractivity contribution in [1.29, 1.82) is 0 Å². The number of hydrogen-bond acceptors (Lipinski definition) is 1. The minimum Gasteiger partial charge on any atom is -0.310 e. The van der Waals surface area contributed by atoms with Gasteiger partial charge in [-0.1, -0.05) is 250 Å². The first kappa shape index (κ1) is 42.1. The van der Waals surface area contributed by atoms with E-state index in [2.05, 4.69) is 292 Å². The molecule has 0 saturated carbocycles. The summed E-state index contributed by atoms with van der Waals surface area (Å²) in [6, 6.07) is 102. The number of fused-ring (bicyclic) bond motifs is 12. The van der Waals surface area contributed by atoms with Gasteiger partial charge in [-0.25, -0.2) is 0 Å². The van der Waals surface area contributed by atoms with Gasteiger partial charge in [0, 0.05) is 22.5 Å². The lowest BCUT2D eigenvalue weighted by Gasteiger charge is -2.50. The smallest absolute Gasteiger partial charge is 0.0720 e. The average Bonchev–Trinajstić information content (AvgIpc) is 3.88. The number of rotatable bonds is 7. The third-order valence-corrected chi connectivity index (χ3v) is 16.4. The van der Waals surface area contributed by atoms with E-state index in [1.165, 1.54) is 100 Å². The normalized spacial score (nSPS) is 14.6. The van der Waals surface area contributed by atoms with Gasteiger partial charge in [0.25, 0.3) is 0 Å². The van der Waals surface area contributed by atoms with Gasteiger partial charge in [0.1, 0.15) is 0 Å². The minimum atomic E-state index is -0.564. The summed E-state index contributed by atoms with van der Waals surface area (Å²) in [4.78, 5) is 2.43. The Bertz CT molecular complexity index is 3780. The molecule has 0 heterocycles. The summed E-state index contributed by atoms with van der Waals surface area (Å²) in [5.41, 5.74) is 25.4. The highest BCUT2D eigenvalue weighted by molar-refractivity contribution is 5.97. The van der Waals surface area contributed by atoms with E-state index in [1.807, 2.05) is 0 Å². The summed E-state index contributed by atoms with van der Waals surface area (Å²) >= 11 is 0. The van der Waals surface area contributed by atoms with Gasteiger partial charge in [0.05, 0.1) is 10.8 Å². The standard InChI is InChI=1S/C71H51N/c1-69(2)60-30-14-12-27-57(60)58-46-45-55(47-67(58)69)72(53-41-37-49(38-42-53)48-21-6-3-7-22-48)54-43-39-50(40-44-54)56-29-20-36-66-68(56)59-28-13-15-31-61(59)71(66)64-34-18-16-32-62(64)70(51-23-8-4-9-24-51,52-25-10-5-11-26-52)63-33-17-19-35-65(63)71/h3-47H,1-2H3. The molecule has 340 valence electrons. The lowest BCUT2D eigenvalue weighted by molar-refractivity contribution is 0.623. The molecular formula is C71H51N. The van der Waals surface area contributed by atoms with Crippen molar-refractivity contribution in [3.8, 4) is 44.5 Å². The summed E-state index contributed by atoms with van der Waals surface area (Å²) in [7, 11) is 0. The molecule has 0 aliphatic heterocycles. The Morgan fingerprint density at radius 3 is 1.24 bits per heavy atom. The molecule has 0 radical (unpaired) electrons. The van der Waals surface area contributed by atoms with Crippen molar-refractivity contribution in [3.63, 3.8) is 0 Å². The minimum absolute atomic E-state index is 0.125. The van der Waals surface area contributed by atoms with Crippen LogP contribution in [0.15, 0.2) is 273 Å². The van der Waals surface area contributed by atoms with Crippen molar-refractivity contribution in [2.75, 3.05) is 4.90 Å². The monoisotopic (exact) mass is 917 g/mol. The van der Waals surface area contributed by atoms with Crippen molar-refractivity contribution in [2.45, 2.75) is 30.1 Å². The molecule has 0 atom stereocenters. The zero-order valence-electron chi connectivity index (χ0n) is 40.4. The van der Waals surface area contributed by atoms with Crippen molar-refractivity contribution in [1.82, 2.24) is 0 Å². The van der Waals surface area contributed by atoms with E-state index in [9.17, 15) is 0 Å². The highest BCUT2D eigenvalue weighted by Gasteiger charge is 2.57. The Balaban J connectivity index is 0.943. The van der Waals surface area contributed by atoms with Gasteiger partial charge < -0.3 is 4.90 Å². The Morgan fingerprint density at radius 1 is 0.250 bits per heavy atom. The predicted molar refractivity (Wildman–Crippen MR) is 299 cm³/mol. The van der Waals surface area contributed by atoms with Crippen LogP contribution in [0.1, 0.15) is 69.5 Å². The molecule has 1 nitrogen and oxygen atoms in total. The number of hydrogen-bond donors (Lipinski definition) is 0. The highest BCUT2D eigenvalue weighted by Crippen LogP contribution is 2.65. The van der Waals surface area contributed by atoms with Gasteiger partial charge in [-0.3, -0.25) is 0 Å². The summed E-state index contributed by atoms with van der Waals surface area (Å²) in [5.74, 6) is 0. The van der Waals surface area contributed by atoms with Crippen LogP contribution in [-0.2, 0) is 16.2 Å². The molecular weight excluding hydrogens is 867 g/mol. The first-order valence-electron chi connectivity index (χ1n) is 25.3. The molecule has 0 aromatic heterocycles. The summed E-state index contributed by atoms with van der Waals surface area (Å²) in [5, 5.41) is 0. The van der Waals surface area contributed by atoms with Crippen LogP contribution >= 0.6 is 0 Å². The number of benzene rings is 11. The van der Waals surface area contributed by atoms with Gasteiger partial charge in [0.2, 0.25) is 0 Å². The second-order valence-corrected chi connectivity index (χ2v) is 20.3. The molecule has 11 aromatic rings. The summed E-state index contributed by atoms with van der Waals surface area (Å²) in [6.45, 7) is 4.73. The van der Waals surface area contributed by atoms with Gasteiger partial charge in [0.15, 0.2) is 0 Å². The average molecular weight is 918 g/mol. The van der Waals surface area contributed by atoms with Gasteiger partial charge in [-0.05, 0) is 137 Å². The fraction of sp³-hybridized carbons (Fsp3) is 0.0704. The van der Waals surface area contributed by atoms with Crippen LogP contribution in [0, 0.1) is 0 Å². The fourth-order valence-corrected chi connectivity index (χ4v) is 13.4. The summed E-state index contributed by atoms with van der Waals surface area (Å²) < 4.78 is 0. The van der Waals surface area contributed by atoms with Gasteiger partial charge in [-0.2, -0.15) is 0 Å². The molecule has 14 rings (SSSR count). The molecule has 1 spiro atoms. The molecule has 0 saturated heterocycles. The lowest BCUT2D eigenvalue weighted by atomic mass is 9.51. The van der Waals surface area contributed by atoms with Crippen LogP contribution in [0.3, 0.4) is 0 Å². The third kappa shape index (κ3) is 5.89. The Hall–Kier alpha value is -8.78. The number of nitrogens with zero attached hydrogens (tertiary/aromatic N) is 1. The van der Waals surface area contributed by atoms with Gasteiger partial charge in [-0.15, -0.1) is 0 Å². The first-order valence-corrected chi connectivity index (χ1v) is 25.3. The van der Waals surface area contributed by atoms with E-state index >= 15 is 0 Å². The number of anilines is 3. The van der Waals surface area contributed by atoms with Crippen molar-refractivity contribution in [3.05, 3.63) is 329 Å². The maximum Gasteiger partial charge on any atom is 0.0720 e. The maximum atomic E-state index is 2.43. The molecule has 0 unspecified atom stereocenters. The largest absolute Gasteiger partial charge is 0.310 e. The zero-order chi connectivity index (χ0) is 48.0. The molecule has 3 aliphatic carbocycles. The van der Waals surface area contributed by atoms with E-state index in [0.717, 1.165) is 17.1 Å². The molecule has 0 amide bonds. The van der Waals surface area contributed by atoms with Gasteiger partial charge >= 0.3 is 0 Å². The third-order valence-electron chi connectivity index (χ3n) is 16.4. The zero-order valence-corrected chi connectivity index (χ0v) is 40.4. The molecule has 1 heteroatoms. The fourth-order valence-electron chi connectivity index (χ4n) is 13.4.